The molecule has 0 heterocycles. The highest BCUT2D eigenvalue weighted by molar-refractivity contribution is 7.74. The molecule has 0 fully saturated rings. The molecule has 0 aliphatic carbocycles. The molecule has 0 saturated heterocycles. The van der Waals surface area contributed by atoms with E-state index in [1.54, 1.807) is 0 Å². The molecule has 0 rings (SSSR count). The van der Waals surface area contributed by atoms with Crippen molar-refractivity contribution >= 4 is 17.4 Å². The standard InChI is InChI=1S/C3H8N2O3S/c1-5(2)3(4)8-9(6)7/h4H,1-2H3,(H,6,7)/p-1. The van der Waals surface area contributed by atoms with Crippen LogP contribution in [0.2, 0.25) is 0 Å². The van der Waals surface area contributed by atoms with Crippen LogP contribution in [0.25, 0.3) is 0 Å². The molecule has 0 spiro atoms. The van der Waals surface area contributed by atoms with Crippen molar-refractivity contribution in [2.45, 2.75) is 0 Å². The molecule has 6 heteroatoms. The van der Waals surface area contributed by atoms with Crippen LogP contribution in [0, 0.1) is 5.41 Å². The van der Waals surface area contributed by atoms with Crippen LogP contribution < -0.4 is 0 Å². The summed E-state index contributed by atoms with van der Waals surface area (Å²) in [6.45, 7) is 0. The van der Waals surface area contributed by atoms with Crippen LogP contribution in [0.5, 0.6) is 0 Å². The predicted molar refractivity (Wildman–Crippen MR) is 31.4 cm³/mol. The van der Waals surface area contributed by atoms with Crippen molar-refractivity contribution in [2.75, 3.05) is 14.1 Å². The Balaban J connectivity index is 3.64. The second-order valence-electron chi connectivity index (χ2n) is 1.49. The summed E-state index contributed by atoms with van der Waals surface area (Å²) >= 11 is -2.63. The first kappa shape index (κ1) is 8.38. The first-order chi connectivity index (χ1) is 4.04. The predicted octanol–water partition coefficient (Wildman–Crippen LogP) is -0.707. The highest BCUT2D eigenvalue weighted by Crippen LogP contribution is 1.84. The summed E-state index contributed by atoms with van der Waals surface area (Å²) in [6.07, 6.45) is 0. The Morgan fingerprint density at radius 1 is 1.78 bits per heavy atom. The van der Waals surface area contributed by atoms with Crippen LogP contribution in [0.3, 0.4) is 0 Å². The topological polar surface area (TPSA) is 76.5 Å². The summed E-state index contributed by atoms with van der Waals surface area (Å²) in [4.78, 5) is 1.23. The smallest absolute Gasteiger partial charge is 0.297 e. The first-order valence-electron chi connectivity index (χ1n) is 2.07. The van der Waals surface area contributed by atoms with E-state index in [1.807, 2.05) is 0 Å². The van der Waals surface area contributed by atoms with E-state index >= 15 is 0 Å². The molecule has 1 unspecified atom stereocenters. The molecule has 0 aliphatic heterocycles. The van der Waals surface area contributed by atoms with Gasteiger partial charge in [0.25, 0.3) is 6.02 Å². The molecule has 0 aromatic rings. The van der Waals surface area contributed by atoms with Crippen molar-refractivity contribution in [2.24, 2.45) is 0 Å². The minimum atomic E-state index is -2.63. The lowest BCUT2D eigenvalue weighted by molar-refractivity contribution is 0.387. The van der Waals surface area contributed by atoms with Gasteiger partial charge in [-0.05, 0) is 0 Å². The number of hydrogen-bond donors (Lipinski definition) is 1. The summed E-state index contributed by atoms with van der Waals surface area (Å²) in [5, 5.41) is 6.78. The summed E-state index contributed by atoms with van der Waals surface area (Å²) in [6, 6.07) is -0.400. The van der Waals surface area contributed by atoms with Crippen LogP contribution in [-0.4, -0.2) is 33.8 Å². The second-order valence-corrected chi connectivity index (χ2v) is 2.06. The molecular weight excluding hydrogens is 144 g/mol. The van der Waals surface area contributed by atoms with Gasteiger partial charge in [0, 0.05) is 14.1 Å². The minimum Gasteiger partial charge on any atom is -0.740 e. The van der Waals surface area contributed by atoms with Crippen molar-refractivity contribution in [3.8, 4) is 0 Å². The minimum absolute atomic E-state index is 0.400. The molecule has 1 atom stereocenters. The van der Waals surface area contributed by atoms with E-state index in [1.165, 1.54) is 19.0 Å². The van der Waals surface area contributed by atoms with Gasteiger partial charge in [-0.25, -0.2) is 4.21 Å². The molecule has 0 amide bonds. The lowest BCUT2D eigenvalue weighted by atomic mass is 10.9. The third-order valence-electron chi connectivity index (χ3n) is 0.553. The molecule has 54 valence electrons. The van der Waals surface area contributed by atoms with Crippen molar-refractivity contribution in [3.05, 3.63) is 0 Å². The van der Waals surface area contributed by atoms with Gasteiger partial charge in [-0.2, -0.15) is 0 Å². The monoisotopic (exact) mass is 151 g/mol. The fourth-order valence-corrected chi connectivity index (χ4v) is 0.417. The Morgan fingerprint density at radius 2 is 2.22 bits per heavy atom. The molecule has 1 N–H and O–H groups in total. The average Bonchev–Trinajstić information content (AvgIpc) is 1.63. The largest absolute Gasteiger partial charge is 0.740 e. The maximum absolute atomic E-state index is 9.72. The molecule has 0 aliphatic rings. The Morgan fingerprint density at radius 3 is 2.33 bits per heavy atom. The summed E-state index contributed by atoms with van der Waals surface area (Å²) < 4.78 is 23.4. The lowest BCUT2D eigenvalue weighted by Crippen LogP contribution is -2.24. The van der Waals surface area contributed by atoms with Gasteiger partial charge in [0.05, 0.1) is 0 Å². The molecule has 0 radical (unpaired) electrons. The molecule has 0 aromatic carbocycles. The van der Waals surface area contributed by atoms with E-state index in [-0.39, 0.29) is 0 Å². The maximum Gasteiger partial charge on any atom is 0.297 e. The van der Waals surface area contributed by atoms with Crippen LogP contribution in [-0.2, 0) is 15.5 Å². The fraction of sp³-hybridized carbons (Fsp3) is 0.667. The van der Waals surface area contributed by atoms with Crippen molar-refractivity contribution in [3.63, 3.8) is 0 Å². The van der Waals surface area contributed by atoms with Gasteiger partial charge < -0.3 is 13.6 Å². The second kappa shape index (κ2) is 3.41. The SMILES string of the molecule is CN(C)C(=N)OS(=O)[O-]. The number of hydrogen-bond acceptors (Lipinski definition) is 4. The van der Waals surface area contributed by atoms with E-state index in [4.69, 9.17) is 5.41 Å². The Labute approximate surface area is 55.6 Å². The van der Waals surface area contributed by atoms with E-state index in [2.05, 4.69) is 4.18 Å². The Hall–Kier alpha value is -0.620. The van der Waals surface area contributed by atoms with E-state index in [0.29, 0.717) is 0 Å². The molecule has 9 heavy (non-hydrogen) atoms. The van der Waals surface area contributed by atoms with Crippen molar-refractivity contribution < 1.29 is 12.9 Å². The zero-order valence-electron chi connectivity index (χ0n) is 5.08. The quantitative estimate of drug-likeness (QED) is 0.305. The third kappa shape index (κ3) is 3.92. The normalized spacial score (nSPS) is 12.3. The van der Waals surface area contributed by atoms with E-state index in [9.17, 15) is 8.76 Å². The number of nitrogens with zero attached hydrogens (tertiary/aromatic N) is 1. The van der Waals surface area contributed by atoms with Gasteiger partial charge in [0.1, 0.15) is 11.4 Å². The van der Waals surface area contributed by atoms with Gasteiger partial charge in [0.2, 0.25) is 0 Å². The molecule has 0 aromatic heterocycles. The number of nitrogens with one attached hydrogen (secondary N) is 1. The highest BCUT2D eigenvalue weighted by Gasteiger charge is 1.97. The zero-order chi connectivity index (χ0) is 7.44. The zero-order valence-corrected chi connectivity index (χ0v) is 5.90. The molecular formula is C3H7N2O3S-. The lowest BCUT2D eigenvalue weighted by Gasteiger charge is -2.13. The Bertz CT molecular complexity index is 135. The van der Waals surface area contributed by atoms with Gasteiger partial charge in [-0.1, -0.05) is 0 Å². The first-order valence-corrected chi connectivity index (χ1v) is 3.07. The summed E-state index contributed by atoms with van der Waals surface area (Å²) in [5.74, 6) is 0. The van der Waals surface area contributed by atoms with Crippen LogP contribution in [0.15, 0.2) is 0 Å². The van der Waals surface area contributed by atoms with E-state index < -0.39 is 17.4 Å². The van der Waals surface area contributed by atoms with E-state index in [0.717, 1.165) is 0 Å². The van der Waals surface area contributed by atoms with Crippen LogP contribution in [0.4, 0.5) is 0 Å². The van der Waals surface area contributed by atoms with Gasteiger partial charge in [-0.15, -0.1) is 0 Å². The third-order valence-corrected chi connectivity index (χ3v) is 0.847. The van der Waals surface area contributed by atoms with Crippen LogP contribution >= 0.6 is 0 Å². The molecule has 0 bridgehead atoms. The number of amidine groups is 1. The Kier molecular flexibility index (Phi) is 3.18. The van der Waals surface area contributed by atoms with Gasteiger partial charge >= 0.3 is 0 Å². The molecule has 0 saturated carbocycles. The van der Waals surface area contributed by atoms with Crippen LogP contribution in [0.1, 0.15) is 0 Å². The van der Waals surface area contributed by atoms with Crippen molar-refractivity contribution in [1.82, 2.24) is 4.90 Å². The number of rotatable bonds is 1. The summed E-state index contributed by atoms with van der Waals surface area (Å²) in [7, 11) is 3.02. The summed E-state index contributed by atoms with van der Waals surface area (Å²) in [5.41, 5.74) is 0. The molecule has 5 nitrogen and oxygen atoms in total. The maximum atomic E-state index is 9.72. The van der Waals surface area contributed by atoms with Crippen molar-refractivity contribution in [1.29, 1.82) is 5.41 Å². The average molecular weight is 151 g/mol. The highest BCUT2D eigenvalue weighted by atomic mass is 32.2. The fourth-order valence-electron chi connectivity index (χ4n) is 0.139. The van der Waals surface area contributed by atoms with Gasteiger partial charge in [-0.3, -0.25) is 5.41 Å². The van der Waals surface area contributed by atoms with Gasteiger partial charge in [0.15, 0.2) is 0 Å².